The lowest BCUT2D eigenvalue weighted by molar-refractivity contribution is 0.598. The summed E-state index contributed by atoms with van der Waals surface area (Å²) in [6.07, 6.45) is 2.49. The van der Waals surface area contributed by atoms with Crippen LogP contribution in [0.4, 0.5) is 0 Å². The Hall–Kier alpha value is -1.42. The van der Waals surface area contributed by atoms with Crippen LogP contribution in [0.15, 0.2) is 46.2 Å². The molecule has 0 saturated carbocycles. The van der Waals surface area contributed by atoms with Crippen molar-refractivity contribution in [2.45, 2.75) is 11.8 Å². The normalized spacial score (nSPS) is 11.8. The maximum absolute atomic E-state index is 11.5. The second-order valence-corrected chi connectivity index (χ2v) is 4.41. The molecule has 1 rings (SSSR count). The highest BCUT2D eigenvalue weighted by Crippen LogP contribution is 2.12. The summed E-state index contributed by atoms with van der Waals surface area (Å²) in [7, 11) is -3.54. The molecule has 0 N–H and O–H groups in total. The van der Waals surface area contributed by atoms with E-state index in [1.54, 1.807) is 12.1 Å². The first kappa shape index (κ1) is 10.7. The predicted octanol–water partition coefficient (Wildman–Crippen LogP) is 1.94. The smallest absolute Gasteiger partial charge is 0.199 e. The predicted molar refractivity (Wildman–Crippen MR) is 57.1 cm³/mol. The zero-order chi connectivity index (χ0) is 10.6. The van der Waals surface area contributed by atoms with E-state index in [2.05, 4.69) is 11.0 Å². The fraction of sp³-hybridized carbons (Fsp3) is 0.100. The van der Waals surface area contributed by atoms with E-state index in [0.717, 1.165) is 11.8 Å². The molecule has 0 bridgehead atoms. The van der Waals surface area contributed by atoms with Crippen LogP contribution in [-0.2, 0) is 10.0 Å². The Kier molecular flexibility index (Phi) is 3.19. The van der Waals surface area contributed by atoms with Crippen molar-refractivity contribution in [1.82, 2.24) is 0 Å². The van der Waals surface area contributed by atoms with Crippen molar-refractivity contribution in [3.05, 3.63) is 42.5 Å². The van der Waals surface area contributed by atoms with Gasteiger partial charge in [0.1, 0.15) is 0 Å². The molecule has 0 heterocycles. The summed E-state index contributed by atoms with van der Waals surface area (Å²) in [5, 5.41) is 0. The molecule has 0 aliphatic heterocycles. The number of nitrogens with zero attached hydrogens (tertiary/aromatic N) is 1. The van der Waals surface area contributed by atoms with Gasteiger partial charge in [-0.25, -0.2) is 0 Å². The number of sulfonamides is 1. The first-order valence-electron chi connectivity index (χ1n) is 4.04. The summed E-state index contributed by atoms with van der Waals surface area (Å²) in [5.74, 6) is 0. The van der Waals surface area contributed by atoms with Gasteiger partial charge in [-0.3, -0.25) is 0 Å². The van der Waals surface area contributed by atoms with Crippen LogP contribution >= 0.6 is 0 Å². The molecule has 3 nitrogen and oxygen atoms in total. The lowest BCUT2D eigenvalue weighted by Gasteiger charge is -1.97. The molecule has 0 aliphatic rings. The van der Waals surface area contributed by atoms with E-state index in [0.29, 0.717) is 0 Å². The van der Waals surface area contributed by atoms with Crippen LogP contribution in [0.25, 0.3) is 0 Å². The van der Waals surface area contributed by atoms with Crippen molar-refractivity contribution in [3.8, 4) is 0 Å². The van der Waals surface area contributed by atoms with E-state index >= 15 is 0 Å². The minimum Gasteiger partial charge on any atom is -0.199 e. The highest BCUT2D eigenvalue weighted by molar-refractivity contribution is 7.90. The number of aryl methyl sites for hydroxylation is 1. The van der Waals surface area contributed by atoms with E-state index in [1.807, 2.05) is 6.92 Å². The lowest BCUT2D eigenvalue weighted by atomic mass is 10.2. The van der Waals surface area contributed by atoms with Crippen molar-refractivity contribution in [2.75, 3.05) is 0 Å². The third kappa shape index (κ3) is 2.53. The van der Waals surface area contributed by atoms with Gasteiger partial charge in [0.05, 0.1) is 4.90 Å². The fourth-order valence-corrected chi connectivity index (χ4v) is 1.74. The third-order valence-corrected chi connectivity index (χ3v) is 2.89. The largest absolute Gasteiger partial charge is 0.282 e. The topological polar surface area (TPSA) is 46.5 Å². The number of hydrogen-bond acceptors (Lipinski definition) is 2. The molecular formula is C10H11NO2S. The standard InChI is InChI=1S/C10H11NO2S/c1-3-8-11-14(12,13)10-6-4-9(2)5-7-10/h3-8H,1H2,2H3/b11-8-. The van der Waals surface area contributed by atoms with E-state index in [4.69, 9.17) is 0 Å². The van der Waals surface area contributed by atoms with Crippen LogP contribution < -0.4 is 0 Å². The van der Waals surface area contributed by atoms with Gasteiger partial charge in [-0.2, -0.15) is 12.8 Å². The molecule has 0 unspecified atom stereocenters. The Morgan fingerprint density at radius 3 is 2.36 bits per heavy atom. The Labute approximate surface area is 83.9 Å². The molecular weight excluding hydrogens is 198 g/mol. The number of benzene rings is 1. The highest BCUT2D eigenvalue weighted by Gasteiger charge is 2.09. The molecule has 0 fully saturated rings. The van der Waals surface area contributed by atoms with Crippen molar-refractivity contribution in [1.29, 1.82) is 0 Å². The van der Waals surface area contributed by atoms with Crippen LogP contribution in [0.2, 0.25) is 0 Å². The average molecular weight is 209 g/mol. The second-order valence-electron chi connectivity index (χ2n) is 2.78. The Morgan fingerprint density at radius 1 is 1.29 bits per heavy atom. The van der Waals surface area contributed by atoms with Crippen LogP contribution in [0.3, 0.4) is 0 Å². The second kappa shape index (κ2) is 4.19. The molecule has 74 valence electrons. The van der Waals surface area contributed by atoms with Gasteiger partial charge in [0.25, 0.3) is 10.0 Å². The summed E-state index contributed by atoms with van der Waals surface area (Å²) < 4.78 is 26.3. The minimum absolute atomic E-state index is 0.196. The zero-order valence-corrected chi connectivity index (χ0v) is 8.66. The Bertz CT molecular complexity index is 444. The maximum atomic E-state index is 11.5. The van der Waals surface area contributed by atoms with Gasteiger partial charge in [0.2, 0.25) is 0 Å². The van der Waals surface area contributed by atoms with Gasteiger partial charge in [-0.05, 0) is 19.1 Å². The molecule has 0 aliphatic carbocycles. The third-order valence-electron chi connectivity index (χ3n) is 1.62. The van der Waals surface area contributed by atoms with Crippen molar-refractivity contribution >= 4 is 16.2 Å². The highest BCUT2D eigenvalue weighted by atomic mass is 32.2. The molecule has 14 heavy (non-hydrogen) atoms. The monoisotopic (exact) mass is 209 g/mol. The quantitative estimate of drug-likeness (QED) is 0.714. The zero-order valence-electron chi connectivity index (χ0n) is 7.84. The van der Waals surface area contributed by atoms with Gasteiger partial charge >= 0.3 is 0 Å². The first-order valence-corrected chi connectivity index (χ1v) is 5.48. The number of hydrogen-bond donors (Lipinski definition) is 0. The van der Waals surface area contributed by atoms with Gasteiger partial charge in [-0.1, -0.05) is 30.4 Å². The van der Waals surface area contributed by atoms with E-state index in [9.17, 15) is 8.42 Å². The first-order chi connectivity index (χ1) is 6.56. The van der Waals surface area contributed by atoms with Gasteiger partial charge < -0.3 is 0 Å². The molecule has 0 radical (unpaired) electrons. The Balaban J connectivity index is 3.11. The number of allylic oxidation sites excluding steroid dienone is 1. The molecule has 0 amide bonds. The van der Waals surface area contributed by atoms with E-state index in [-0.39, 0.29) is 4.90 Å². The summed E-state index contributed by atoms with van der Waals surface area (Å²) in [6, 6.07) is 6.53. The van der Waals surface area contributed by atoms with Crippen molar-refractivity contribution in [3.63, 3.8) is 0 Å². The van der Waals surface area contributed by atoms with Crippen LogP contribution in [0.1, 0.15) is 5.56 Å². The lowest BCUT2D eigenvalue weighted by Crippen LogP contribution is -1.96. The summed E-state index contributed by atoms with van der Waals surface area (Å²) in [5.41, 5.74) is 1.01. The molecule has 1 aromatic carbocycles. The van der Waals surface area contributed by atoms with Crippen LogP contribution in [-0.4, -0.2) is 14.6 Å². The molecule has 0 saturated heterocycles. The maximum Gasteiger partial charge on any atom is 0.282 e. The van der Waals surface area contributed by atoms with Gasteiger partial charge in [0.15, 0.2) is 0 Å². The van der Waals surface area contributed by atoms with E-state index < -0.39 is 10.0 Å². The van der Waals surface area contributed by atoms with Gasteiger partial charge in [-0.15, -0.1) is 0 Å². The SMILES string of the molecule is C=C/C=N\S(=O)(=O)c1ccc(C)cc1. The molecule has 1 aromatic rings. The van der Waals surface area contributed by atoms with Gasteiger partial charge in [0, 0.05) is 6.21 Å². The summed E-state index contributed by atoms with van der Waals surface area (Å²) >= 11 is 0. The van der Waals surface area contributed by atoms with Crippen molar-refractivity contribution < 1.29 is 8.42 Å². The summed E-state index contributed by atoms with van der Waals surface area (Å²) in [6.45, 7) is 5.25. The molecule has 4 heteroatoms. The average Bonchev–Trinajstić information content (AvgIpc) is 2.16. The molecule has 0 atom stereocenters. The molecule has 0 spiro atoms. The number of rotatable bonds is 3. The fourth-order valence-electron chi connectivity index (χ4n) is 0.894. The van der Waals surface area contributed by atoms with Crippen LogP contribution in [0, 0.1) is 6.92 Å². The van der Waals surface area contributed by atoms with Crippen LogP contribution in [0.5, 0.6) is 0 Å². The summed E-state index contributed by atoms with van der Waals surface area (Å²) in [4.78, 5) is 0.196. The van der Waals surface area contributed by atoms with E-state index in [1.165, 1.54) is 18.2 Å². The minimum atomic E-state index is -3.54. The molecule has 0 aromatic heterocycles. The van der Waals surface area contributed by atoms with Crippen molar-refractivity contribution in [2.24, 2.45) is 4.40 Å². The Morgan fingerprint density at radius 2 is 1.86 bits per heavy atom.